The first-order valence-electron chi connectivity index (χ1n) is 8.64. The number of aryl methyl sites for hydroxylation is 5. The Kier molecular flexibility index (Phi) is 5.10. The number of aromatic nitrogens is 6. The van der Waals surface area contributed by atoms with E-state index >= 15 is 0 Å². The fourth-order valence-corrected chi connectivity index (χ4v) is 3.30. The Morgan fingerprint density at radius 3 is 2.26 bits per heavy atom. The number of carbonyl (C=O) groups excluding carboxylic acids is 1. The highest BCUT2D eigenvalue weighted by Crippen LogP contribution is 2.21. The van der Waals surface area contributed by atoms with Gasteiger partial charge in [0.05, 0.1) is 23.8 Å². The zero-order chi connectivity index (χ0) is 19.9. The molecule has 3 heterocycles. The zero-order valence-electron chi connectivity index (χ0n) is 16.5. The predicted octanol–water partition coefficient (Wildman–Crippen LogP) is 2.31. The summed E-state index contributed by atoms with van der Waals surface area (Å²) in [6.45, 7) is 6.56. The van der Waals surface area contributed by atoms with Gasteiger partial charge in [0.25, 0.3) is 5.91 Å². The number of hydrogen-bond acceptors (Lipinski definition) is 4. The van der Waals surface area contributed by atoms with Crippen LogP contribution in [0.4, 0.5) is 0 Å². The second-order valence-electron chi connectivity index (χ2n) is 6.83. The molecule has 0 saturated carbocycles. The molecule has 1 amide bonds. The molecule has 0 aromatic carbocycles. The molecule has 0 saturated heterocycles. The Morgan fingerprint density at radius 1 is 1.07 bits per heavy atom. The summed E-state index contributed by atoms with van der Waals surface area (Å²) in [5.41, 5.74) is 4.92. The lowest BCUT2D eigenvalue weighted by molar-refractivity contribution is 0.0720. The van der Waals surface area contributed by atoms with Gasteiger partial charge in [0, 0.05) is 44.3 Å². The molecule has 27 heavy (non-hydrogen) atoms. The normalized spacial score (nSPS) is 11.2. The molecule has 9 heteroatoms. The molecule has 0 fully saturated rings. The van der Waals surface area contributed by atoms with Crippen LogP contribution >= 0.6 is 11.6 Å². The Labute approximate surface area is 163 Å². The monoisotopic (exact) mass is 389 g/mol. The van der Waals surface area contributed by atoms with E-state index in [-0.39, 0.29) is 5.91 Å². The van der Waals surface area contributed by atoms with Crippen molar-refractivity contribution in [1.29, 1.82) is 0 Å². The van der Waals surface area contributed by atoms with Gasteiger partial charge in [-0.1, -0.05) is 11.6 Å². The van der Waals surface area contributed by atoms with Crippen LogP contribution < -0.4 is 0 Å². The molecule has 8 nitrogen and oxygen atoms in total. The summed E-state index contributed by atoms with van der Waals surface area (Å²) in [6, 6.07) is 1.79. The topological polar surface area (TPSA) is 73.8 Å². The van der Waals surface area contributed by atoms with Gasteiger partial charge in [-0.25, -0.2) is 0 Å². The molecule has 3 aromatic heterocycles. The summed E-state index contributed by atoms with van der Waals surface area (Å²) in [5.74, 6) is -0.164. The number of carbonyl (C=O) groups is 1. The first-order valence-corrected chi connectivity index (χ1v) is 9.02. The molecule has 3 aromatic rings. The highest BCUT2D eigenvalue weighted by molar-refractivity contribution is 6.31. The molecule has 0 unspecified atom stereocenters. The minimum absolute atomic E-state index is 0.164. The SMILES string of the molecule is Cc1nn(C)c(C)c1CN(Cc1nn(C)cc1Cl)C(=O)c1cc(C)n(C)n1. The molecule has 0 radical (unpaired) electrons. The van der Waals surface area contributed by atoms with E-state index in [0.717, 1.165) is 22.6 Å². The zero-order valence-corrected chi connectivity index (χ0v) is 17.2. The van der Waals surface area contributed by atoms with Crippen LogP contribution in [-0.2, 0) is 34.2 Å². The van der Waals surface area contributed by atoms with Crippen molar-refractivity contribution in [2.45, 2.75) is 33.9 Å². The number of rotatable bonds is 5. The van der Waals surface area contributed by atoms with Crippen LogP contribution in [0.3, 0.4) is 0 Å². The standard InChI is InChI=1S/C18H24ClN7O/c1-11-7-16(22-24(11)5)18(27)26(10-17-15(19)9-23(4)21-17)8-14-12(2)20-25(6)13(14)3/h7,9H,8,10H2,1-6H3. The lowest BCUT2D eigenvalue weighted by Crippen LogP contribution is -2.31. The van der Waals surface area contributed by atoms with Crippen LogP contribution in [0.1, 0.15) is 38.8 Å². The Hall–Kier alpha value is -2.61. The summed E-state index contributed by atoms with van der Waals surface area (Å²) in [6.07, 6.45) is 1.73. The molecule has 0 N–H and O–H groups in total. The van der Waals surface area contributed by atoms with E-state index in [4.69, 9.17) is 11.6 Å². The average Bonchev–Trinajstić information content (AvgIpc) is 3.18. The molecule has 0 bridgehead atoms. The third-order valence-corrected chi connectivity index (χ3v) is 5.14. The molecule has 144 valence electrons. The van der Waals surface area contributed by atoms with Gasteiger partial charge >= 0.3 is 0 Å². The maximum atomic E-state index is 13.2. The Balaban J connectivity index is 1.97. The van der Waals surface area contributed by atoms with Crippen LogP contribution in [-0.4, -0.2) is 40.1 Å². The Bertz CT molecular complexity index is 978. The van der Waals surface area contributed by atoms with Gasteiger partial charge in [0.15, 0.2) is 5.69 Å². The number of amides is 1. The average molecular weight is 390 g/mol. The summed E-state index contributed by atoms with van der Waals surface area (Å²) < 4.78 is 5.16. The number of hydrogen-bond donors (Lipinski definition) is 0. The van der Waals surface area contributed by atoms with E-state index in [9.17, 15) is 4.79 Å². The smallest absolute Gasteiger partial charge is 0.275 e. The number of nitrogens with zero attached hydrogens (tertiary/aromatic N) is 7. The van der Waals surface area contributed by atoms with Crippen molar-refractivity contribution >= 4 is 17.5 Å². The lowest BCUT2D eigenvalue weighted by atomic mass is 10.1. The van der Waals surface area contributed by atoms with Crippen LogP contribution in [0.2, 0.25) is 5.02 Å². The van der Waals surface area contributed by atoms with Crippen molar-refractivity contribution < 1.29 is 4.79 Å². The van der Waals surface area contributed by atoms with E-state index in [1.165, 1.54) is 0 Å². The van der Waals surface area contributed by atoms with Crippen LogP contribution in [0.25, 0.3) is 0 Å². The molecule has 3 rings (SSSR count). The quantitative estimate of drug-likeness (QED) is 0.671. The van der Waals surface area contributed by atoms with Gasteiger partial charge in [-0.2, -0.15) is 15.3 Å². The fourth-order valence-electron chi connectivity index (χ4n) is 3.06. The van der Waals surface area contributed by atoms with Crippen molar-refractivity contribution in [3.63, 3.8) is 0 Å². The highest BCUT2D eigenvalue weighted by Gasteiger charge is 2.24. The van der Waals surface area contributed by atoms with E-state index in [0.29, 0.717) is 29.5 Å². The molecule has 0 aliphatic rings. The van der Waals surface area contributed by atoms with Gasteiger partial charge < -0.3 is 4.90 Å². The summed E-state index contributed by atoms with van der Waals surface area (Å²) in [7, 11) is 5.52. The van der Waals surface area contributed by atoms with Crippen LogP contribution in [0.15, 0.2) is 12.3 Å². The van der Waals surface area contributed by atoms with Crippen molar-refractivity contribution in [3.8, 4) is 0 Å². The predicted molar refractivity (Wildman–Crippen MR) is 102 cm³/mol. The minimum Gasteiger partial charge on any atom is -0.327 e. The summed E-state index contributed by atoms with van der Waals surface area (Å²) in [4.78, 5) is 14.9. The van der Waals surface area contributed by atoms with Gasteiger partial charge in [-0.3, -0.25) is 18.8 Å². The van der Waals surface area contributed by atoms with Crippen molar-refractivity contribution in [3.05, 3.63) is 51.3 Å². The molecule has 0 atom stereocenters. The maximum absolute atomic E-state index is 13.2. The van der Waals surface area contributed by atoms with Gasteiger partial charge in [0.2, 0.25) is 0 Å². The fraction of sp³-hybridized carbons (Fsp3) is 0.444. The first-order chi connectivity index (χ1) is 12.7. The lowest BCUT2D eigenvalue weighted by Gasteiger charge is -2.21. The van der Waals surface area contributed by atoms with E-state index in [1.54, 1.807) is 33.6 Å². The third kappa shape index (κ3) is 3.75. The Morgan fingerprint density at radius 2 is 1.78 bits per heavy atom. The second-order valence-corrected chi connectivity index (χ2v) is 7.23. The summed E-state index contributed by atoms with van der Waals surface area (Å²) >= 11 is 6.28. The minimum atomic E-state index is -0.164. The first kappa shape index (κ1) is 19.2. The van der Waals surface area contributed by atoms with Crippen LogP contribution in [0.5, 0.6) is 0 Å². The van der Waals surface area contributed by atoms with E-state index in [1.807, 2.05) is 39.5 Å². The highest BCUT2D eigenvalue weighted by atomic mass is 35.5. The molecular formula is C18H24ClN7O. The van der Waals surface area contributed by atoms with Gasteiger partial charge in [-0.05, 0) is 26.8 Å². The largest absolute Gasteiger partial charge is 0.327 e. The van der Waals surface area contributed by atoms with Crippen molar-refractivity contribution in [2.24, 2.45) is 21.1 Å². The molecule has 0 aliphatic heterocycles. The van der Waals surface area contributed by atoms with E-state index in [2.05, 4.69) is 15.3 Å². The molecule has 0 aliphatic carbocycles. The second kappa shape index (κ2) is 7.19. The van der Waals surface area contributed by atoms with Gasteiger partial charge in [-0.15, -0.1) is 0 Å². The van der Waals surface area contributed by atoms with Gasteiger partial charge in [0.1, 0.15) is 5.69 Å². The van der Waals surface area contributed by atoms with Crippen LogP contribution in [0, 0.1) is 20.8 Å². The summed E-state index contributed by atoms with van der Waals surface area (Å²) in [5, 5.41) is 13.7. The maximum Gasteiger partial charge on any atom is 0.275 e. The number of halogens is 1. The third-order valence-electron chi connectivity index (χ3n) is 4.82. The van der Waals surface area contributed by atoms with E-state index < -0.39 is 0 Å². The van der Waals surface area contributed by atoms with Crippen molar-refractivity contribution in [2.75, 3.05) is 0 Å². The molecular weight excluding hydrogens is 366 g/mol. The molecule has 0 spiro atoms. The van der Waals surface area contributed by atoms with Crippen molar-refractivity contribution in [1.82, 2.24) is 34.2 Å².